The number of carbonyl (C=O) groups is 2. The molecule has 5 nitrogen and oxygen atoms in total. The maximum Gasteiger partial charge on any atom is 0.407 e. The Morgan fingerprint density at radius 3 is 2.33 bits per heavy atom. The van der Waals surface area contributed by atoms with Gasteiger partial charge in [-0.15, -0.1) is 0 Å². The van der Waals surface area contributed by atoms with Gasteiger partial charge in [-0.1, -0.05) is 18.2 Å². The minimum Gasteiger partial charge on any atom is -0.459 e. The molecule has 0 spiro atoms. The predicted molar refractivity (Wildman–Crippen MR) is 78.0 cm³/mol. The normalized spacial score (nSPS) is 21.1. The summed E-state index contributed by atoms with van der Waals surface area (Å²) in [5.41, 5.74) is 0.0357. The molecule has 0 saturated heterocycles. The molecule has 0 bridgehead atoms. The summed E-state index contributed by atoms with van der Waals surface area (Å²) in [5.74, 6) is -0.323. The molecule has 1 aromatic rings. The molecule has 0 aliphatic heterocycles. The molecule has 1 fully saturated rings. The van der Waals surface area contributed by atoms with E-state index in [0.29, 0.717) is 18.4 Å². The summed E-state index contributed by atoms with van der Waals surface area (Å²) in [7, 11) is 0. The van der Waals surface area contributed by atoms with Gasteiger partial charge in [0.05, 0.1) is 5.56 Å². The van der Waals surface area contributed by atoms with E-state index in [2.05, 4.69) is 5.32 Å². The van der Waals surface area contributed by atoms with Crippen molar-refractivity contribution in [2.24, 2.45) is 0 Å². The van der Waals surface area contributed by atoms with E-state index in [4.69, 9.17) is 9.47 Å². The molecule has 1 amide bonds. The van der Waals surface area contributed by atoms with E-state index < -0.39 is 11.7 Å². The molecule has 1 saturated carbocycles. The predicted octanol–water partition coefficient (Wildman–Crippen LogP) is 2.90. The third-order valence-corrected chi connectivity index (χ3v) is 3.10. The highest BCUT2D eigenvalue weighted by Gasteiger charge is 2.34. The van der Waals surface area contributed by atoms with Crippen molar-refractivity contribution in [3.8, 4) is 0 Å². The van der Waals surface area contributed by atoms with Gasteiger partial charge in [0.1, 0.15) is 11.7 Å². The number of ether oxygens (including phenoxy) is 2. The zero-order valence-electron chi connectivity index (χ0n) is 12.6. The number of hydrogen-bond donors (Lipinski definition) is 1. The lowest BCUT2D eigenvalue weighted by Crippen LogP contribution is -2.49. The smallest absolute Gasteiger partial charge is 0.407 e. The molecule has 0 aromatic heterocycles. The largest absolute Gasteiger partial charge is 0.459 e. The summed E-state index contributed by atoms with van der Waals surface area (Å²) in [4.78, 5) is 23.4. The Hall–Kier alpha value is -2.04. The van der Waals surface area contributed by atoms with Gasteiger partial charge in [-0.25, -0.2) is 9.59 Å². The molecular formula is C16H21NO4. The maximum absolute atomic E-state index is 11.8. The minimum atomic E-state index is -0.507. The summed E-state index contributed by atoms with van der Waals surface area (Å²) >= 11 is 0. The van der Waals surface area contributed by atoms with E-state index in [1.54, 1.807) is 24.3 Å². The van der Waals surface area contributed by atoms with Crippen molar-refractivity contribution in [2.45, 2.75) is 51.4 Å². The van der Waals surface area contributed by atoms with Crippen molar-refractivity contribution in [3.63, 3.8) is 0 Å². The first-order chi connectivity index (χ1) is 9.83. The van der Waals surface area contributed by atoms with Gasteiger partial charge in [0, 0.05) is 18.9 Å². The fourth-order valence-electron chi connectivity index (χ4n) is 2.05. The highest BCUT2D eigenvalue weighted by Crippen LogP contribution is 2.25. The van der Waals surface area contributed by atoms with Crippen LogP contribution in [0.1, 0.15) is 44.0 Å². The summed E-state index contributed by atoms with van der Waals surface area (Å²) in [6, 6.07) is 8.89. The molecule has 114 valence electrons. The topological polar surface area (TPSA) is 64.6 Å². The monoisotopic (exact) mass is 291 g/mol. The average Bonchev–Trinajstić information content (AvgIpc) is 2.35. The van der Waals surface area contributed by atoms with Crippen molar-refractivity contribution in [3.05, 3.63) is 35.9 Å². The Bertz CT molecular complexity index is 501. The van der Waals surface area contributed by atoms with Crippen LogP contribution in [0.25, 0.3) is 0 Å². The molecule has 21 heavy (non-hydrogen) atoms. The van der Waals surface area contributed by atoms with Gasteiger partial charge in [0.25, 0.3) is 0 Å². The summed E-state index contributed by atoms with van der Waals surface area (Å²) in [5, 5.41) is 2.76. The van der Waals surface area contributed by atoms with Crippen LogP contribution in [0.5, 0.6) is 0 Å². The number of rotatable bonds is 3. The van der Waals surface area contributed by atoms with Gasteiger partial charge in [0.15, 0.2) is 0 Å². The SMILES string of the molecule is CC(C)(C)OC(=O)NC1CC(OC(=O)c2ccccc2)C1. The molecule has 1 N–H and O–H groups in total. The van der Waals surface area contributed by atoms with Crippen molar-refractivity contribution >= 4 is 12.1 Å². The first kappa shape index (κ1) is 15.4. The van der Waals surface area contributed by atoms with Crippen LogP contribution in [0.2, 0.25) is 0 Å². The fourth-order valence-corrected chi connectivity index (χ4v) is 2.05. The molecule has 0 atom stereocenters. The quantitative estimate of drug-likeness (QED) is 0.870. The van der Waals surface area contributed by atoms with Gasteiger partial charge in [0.2, 0.25) is 0 Å². The zero-order chi connectivity index (χ0) is 15.5. The van der Waals surface area contributed by atoms with Gasteiger partial charge in [-0.3, -0.25) is 0 Å². The van der Waals surface area contributed by atoms with Crippen LogP contribution in [0.4, 0.5) is 4.79 Å². The second kappa shape index (κ2) is 6.16. The summed E-state index contributed by atoms with van der Waals surface area (Å²) in [6.07, 6.45) is 0.674. The van der Waals surface area contributed by atoms with Gasteiger partial charge >= 0.3 is 12.1 Å². The standard InChI is InChI=1S/C16H21NO4/c1-16(2,3)21-15(19)17-12-9-13(10-12)20-14(18)11-7-5-4-6-8-11/h4-8,12-13H,9-10H2,1-3H3,(H,17,19). The van der Waals surface area contributed by atoms with Crippen LogP contribution >= 0.6 is 0 Å². The lowest BCUT2D eigenvalue weighted by Gasteiger charge is -2.35. The highest BCUT2D eigenvalue weighted by molar-refractivity contribution is 5.89. The molecular weight excluding hydrogens is 270 g/mol. The Kier molecular flexibility index (Phi) is 4.50. The van der Waals surface area contributed by atoms with E-state index >= 15 is 0 Å². The molecule has 1 aliphatic rings. The van der Waals surface area contributed by atoms with Crippen molar-refractivity contribution in [2.75, 3.05) is 0 Å². The second-order valence-corrected chi connectivity index (χ2v) is 6.21. The molecule has 0 unspecified atom stereocenters. The number of hydrogen-bond acceptors (Lipinski definition) is 4. The molecule has 1 aliphatic carbocycles. The number of nitrogens with one attached hydrogen (secondary N) is 1. The fraction of sp³-hybridized carbons (Fsp3) is 0.500. The first-order valence-corrected chi connectivity index (χ1v) is 7.09. The van der Waals surface area contributed by atoms with Crippen LogP contribution in [-0.4, -0.2) is 29.8 Å². The van der Waals surface area contributed by atoms with Gasteiger partial charge in [-0.2, -0.15) is 0 Å². The molecule has 0 heterocycles. The van der Waals surface area contributed by atoms with Gasteiger partial charge in [-0.05, 0) is 32.9 Å². The molecule has 1 aromatic carbocycles. The third kappa shape index (κ3) is 4.77. The van der Waals surface area contributed by atoms with Crippen LogP contribution in [0.3, 0.4) is 0 Å². The van der Waals surface area contributed by atoms with Crippen LogP contribution < -0.4 is 5.32 Å². The molecule has 0 radical (unpaired) electrons. The van der Waals surface area contributed by atoms with Crippen LogP contribution in [0.15, 0.2) is 30.3 Å². The molecule has 5 heteroatoms. The summed E-state index contributed by atoms with van der Waals surface area (Å²) in [6.45, 7) is 5.45. The van der Waals surface area contributed by atoms with Crippen molar-refractivity contribution in [1.82, 2.24) is 5.32 Å². The van der Waals surface area contributed by atoms with E-state index in [9.17, 15) is 9.59 Å². The van der Waals surface area contributed by atoms with Crippen molar-refractivity contribution < 1.29 is 19.1 Å². The van der Waals surface area contributed by atoms with Gasteiger partial charge < -0.3 is 14.8 Å². The Labute approximate surface area is 124 Å². The third-order valence-electron chi connectivity index (χ3n) is 3.10. The minimum absolute atomic E-state index is 0.00780. The number of carbonyl (C=O) groups excluding carboxylic acids is 2. The van der Waals surface area contributed by atoms with E-state index in [1.165, 1.54) is 0 Å². The Morgan fingerprint density at radius 2 is 1.76 bits per heavy atom. The molecule has 2 rings (SSSR count). The highest BCUT2D eigenvalue weighted by atomic mass is 16.6. The zero-order valence-corrected chi connectivity index (χ0v) is 12.6. The lowest BCUT2D eigenvalue weighted by atomic mass is 9.89. The number of alkyl carbamates (subject to hydrolysis) is 1. The van der Waals surface area contributed by atoms with Crippen molar-refractivity contribution in [1.29, 1.82) is 0 Å². The van der Waals surface area contributed by atoms with Crippen LogP contribution in [-0.2, 0) is 9.47 Å². The first-order valence-electron chi connectivity index (χ1n) is 7.09. The second-order valence-electron chi connectivity index (χ2n) is 6.21. The Balaban J connectivity index is 1.70. The average molecular weight is 291 g/mol. The number of esters is 1. The number of benzene rings is 1. The van der Waals surface area contributed by atoms with Crippen LogP contribution in [0, 0.1) is 0 Å². The van der Waals surface area contributed by atoms with E-state index in [0.717, 1.165) is 0 Å². The lowest BCUT2D eigenvalue weighted by molar-refractivity contribution is -0.00488. The number of amides is 1. The summed E-state index contributed by atoms with van der Waals surface area (Å²) < 4.78 is 10.5. The maximum atomic E-state index is 11.8. The Morgan fingerprint density at radius 1 is 1.14 bits per heavy atom. The van der Waals surface area contributed by atoms with E-state index in [1.807, 2.05) is 26.8 Å². The van der Waals surface area contributed by atoms with E-state index in [-0.39, 0.29) is 18.1 Å².